The maximum Gasteiger partial charge on any atom is 0.265 e. The van der Waals surface area contributed by atoms with Crippen molar-refractivity contribution in [2.75, 3.05) is 26.2 Å². The summed E-state index contributed by atoms with van der Waals surface area (Å²) in [6.07, 6.45) is 0. The second kappa shape index (κ2) is 10.8. The van der Waals surface area contributed by atoms with E-state index >= 15 is 0 Å². The SMILES string of the molecule is O=C(NC1=C(N2CCN(C(c3ccccc3)c3ccccc3)CC2)C(=O)c2ccccc2C1=O)c1cccs1. The van der Waals surface area contributed by atoms with Gasteiger partial charge >= 0.3 is 0 Å². The molecule has 4 aromatic rings. The third-order valence-electron chi connectivity index (χ3n) is 7.31. The van der Waals surface area contributed by atoms with E-state index in [2.05, 4.69) is 58.7 Å². The lowest BCUT2D eigenvalue weighted by molar-refractivity contribution is 0.0860. The molecule has 0 saturated carbocycles. The number of allylic oxidation sites excluding steroid dienone is 2. The van der Waals surface area contributed by atoms with Crippen LogP contribution in [-0.2, 0) is 0 Å². The van der Waals surface area contributed by atoms with Crippen LogP contribution in [0.5, 0.6) is 0 Å². The first-order valence-electron chi connectivity index (χ1n) is 13.0. The van der Waals surface area contributed by atoms with Gasteiger partial charge in [0.1, 0.15) is 11.4 Å². The van der Waals surface area contributed by atoms with Crippen LogP contribution >= 0.6 is 11.3 Å². The van der Waals surface area contributed by atoms with E-state index in [0.717, 1.165) is 0 Å². The summed E-state index contributed by atoms with van der Waals surface area (Å²) in [5, 5.41) is 4.61. The highest BCUT2D eigenvalue weighted by Gasteiger charge is 2.38. The van der Waals surface area contributed by atoms with Crippen molar-refractivity contribution in [1.82, 2.24) is 15.1 Å². The van der Waals surface area contributed by atoms with Gasteiger partial charge < -0.3 is 10.2 Å². The highest BCUT2D eigenvalue weighted by molar-refractivity contribution is 7.12. The first-order valence-corrected chi connectivity index (χ1v) is 13.9. The molecule has 0 atom stereocenters. The zero-order valence-electron chi connectivity index (χ0n) is 21.2. The number of amides is 1. The van der Waals surface area contributed by atoms with Gasteiger partial charge in [0.05, 0.1) is 10.9 Å². The molecule has 3 aromatic carbocycles. The van der Waals surface area contributed by atoms with Crippen molar-refractivity contribution in [1.29, 1.82) is 0 Å². The number of carbonyl (C=O) groups is 3. The lowest BCUT2D eigenvalue weighted by Crippen LogP contribution is -2.50. The van der Waals surface area contributed by atoms with Crippen molar-refractivity contribution in [3.63, 3.8) is 0 Å². The van der Waals surface area contributed by atoms with E-state index in [1.54, 1.807) is 36.4 Å². The lowest BCUT2D eigenvalue weighted by atomic mass is 9.89. The smallest absolute Gasteiger partial charge is 0.265 e. The number of Topliss-reactive ketones (excluding diaryl/α,β-unsaturated/α-hetero) is 2. The maximum absolute atomic E-state index is 13.8. The first-order chi connectivity index (χ1) is 19.1. The Morgan fingerprint density at radius 3 is 1.82 bits per heavy atom. The van der Waals surface area contributed by atoms with Gasteiger partial charge in [0.15, 0.2) is 0 Å². The summed E-state index contributed by atoms with van der Waals surface area (Å²) in [7, 11) is 0. The fourth-order valence-corrected chi connectivity index (χ4v) is 6.07. The number of rotatable bonds is 6. The summed E-state index contributed by atoms with van der Waals surface area (Å²) < 4.78 is 0. The molecule has 39 heavy (non-hydrogen) atoms. The van der Waals surface area contributed by atoms with Crippen LogP contribution in [0, 0.1) is 0 Å². The summed E-state index contributed by atoms with van der Waals surface area (Å²) in [6.45, 7) is 2.47. The Morgan fingerprint density at radius 2 is 1.26 bits per heavy atom. The van der Waals surface area contributed by atoms with Crippen LogP contribution in [0.25, 0.3) is 0 Å². The van der Waals surface area contributed by atoms with Gasteiger partial charge in [-0.05, 0) is 22.6 Å². The molecule has 1 fully saturated rings. The van der Waals surface area contributed by atoms with Crippen LogP contribution in [0.4, 0.5) is 0 Å². The van der Waals surface area contributed by atoms with E-state index in [9.17, 15) is 14.4 Å². The zero-order valence-corrected chi connectivity index (χ0v) is 22.1. The fourth-order valence-electron chi connectivity index (χ4n) is 5.45. The minimum Gasteiger partial charge on any atom is -0.364 e. The summed E-state index contributed by atoms with van der Waals surface area (Å²) in [5.41, 5.74) is 3.45. The fraction of sp³-hybridized carbons (Fsp3) is 0.156. The average Bonchev–Trinajstić information content (AvgIpc) is 3.53. The van der Waals surface area contributed by atoms with Gasteiger partial charge in [0, 0.05) is 37.3 Å². The number of hydrogen-bond acceptors (Lipinski definition) is 6. The lowest BCUT2D eigenvalue weighted by Gasteiger charge is -2.42. The van der Waals surface area contributed by atoms with Crippen molar-refractivity contribution in [3.05, 3.63) is 141 Å². The molecule has 1 aliphatic carbocycles. The van der Waals surface area contributed by atoms with E-state index in [0.29, 0.717) is 42.2 Å². The molecule has 1 saturated heterocycles. The van der Waals surface area contributed by atoms with Crippen LogP contribution in [0.15, 0.2) is 114 Å². The Balaban J connectivity index is 1.32. The molecule has 0 unspecified atom stereocenters. The number of fused-ring (bicyclic) bond motifs is 1. The predicted molar refractivity (Wildman–Crippen MR) is 152 cm³/mol. The van der Waals surface area contributed by atoms with Gasteiger partial charge in [0.2, 0.25) is 11.6 Å². The molecular formula is C32H27N3O3S. The minimum absolute atomic E-state index is 0.0632. The molecule has 6 rings (SSSR count). The van der Waals surface area contributed by atoms with Gasteiger partial charge in [-0.1, -0.05) is 91.0 Å². The molecule has 7 heteroatoms. The Morgan fingerprint density at radius 1 is 0.692 bits per heavy atom. The quantitative estimate of drug-likeness (QED) is 0.370. The molecule has 1 amide bonds. The number of ketones is 2. The Kier molecular flexibility index (Phi) is 6.92. The van der Waals surface area contributed by atoms with Crippen molar-refractivity contribution >= 4 is 28.8 Å². The second-order valence-corrected chi connectivity index (χ2v) is 10.6. The predicted octanol–water partition coefficient (Wildman–Crippen LogP) is 5.18. The topological polar surface area (TPSA) is 69.7 Å². The van der Waals surface area contributed by atoms with E-state index in [4.69, 9.17) is 0 Å². The highest BCUT2D eigenvalue weighted by atomic mass is 32.1. The Hall–Kier alpha value is -4.33. The summed E-state index contributed by atoms with van der Waals surface area (Å²) in [4.78, 5) is 45.2. The van der Waals surface area contributed by atoms with Crippen molar-refractivity contribution < 1.29 is 14.4 Å². The van der Waals surface area contributed by atoms with Crippen LogP contribution in [-0.4, -0.2) is 53.5 Å². The van der Waals surface area contributed by atoms with E-state index < -0.39 is 0 Å². The summed E-state index contributed by atoms with van der Waals surface area (Å²) >= 11 is 1.29. The van der Waals surface area contributed by atoms with Crippen molar-refractivity contribution in [3.8, 4) is 0 Å². The molecule has 0 bridgehead atoms. The third kappa shape index (κ3) is 4.82. The Bertz CT molecular complexity index is 1500. The standard InChI is InChI=1S/C32H27N3O3S/c36-30-24-14-7-8-15-25(24)31(37)29(27(30)33-32(38)26-16-9-21-39-26)35-19-17-34(18-20-35)28(22-10-3-1-4-11-22)23-12-5-2-6-13-23/h1-16,21,28H,17-20H2,(H,33,38). The number of benzene rings is 3. The molecule has 1 N–H and O–H groups in total. The number of piperazine rings is 1. The number of thiophene rings is 1. The van der Waals surface area contributed by atoms with Crippen LogP contribution in [0.1, 0.15) is 47.6 Å². The van der Waals surface area contributed by atoms with E-state index in [-0.39, 0.29) is 34.9 Å². The Labute approximate surface area is 231 Å². The molecule has 0 spiro atoms. The van der Waals surface area contributed by atoms with Gasteiger partial charge in [-0.15, -0.1) is 11.3 Å². The average molecular weight is 534 g/mol. The van der Waals surface area contributed by atoms with Gasteiger partial charge in [-0.3, -0.25) is 19.3 Å². The van der Waals surface area contributed by atoms with Crippen LogP contribution in [0.3, 0.4) is 0 Å². The largest absolute Gasteiger partial charge is 0.364 e. The number of carbonyl (C=O) groups excluding carboxylic acids is 3. The summed E-state index contributed by atoms with van der Waals surface area (Å²) in [6, 6.07) is 31.2. The monoisotopic (exact) mass is 533 g/mol. The number of nitrogens with zero attached hydrogens (tertiary/aromatic N) is 2. The minimum atomic E-state index is -0.384. The molecule has 2 heterocycles. The molecule has 1 aliphatic heterocycles. The second-order valence-electron chi connectivity index (χ2n) is 9.61. The number of hydrogen-bond donors (Lipinski definition) is 1. The molecule has 2 aliphatic rings. The summed E-state index contributed by atoms with van der Waals surface area (Å²) in [5.74, 6) is -0.952. The molecular weight excluding hydrogens is 506 g/mol. The molecule has 194 valence electrons. The number of nitrogens with one attached hydrogen (secondary N) is 1. The zero-order chi connectivity index (χ0) is 26.8. The molecule has 0 radical (unpaired) electrons. The van der Waals surface area contributed by atoms with Crippen LogP contribution < -0.4 is 5.32 Å². The molecule has 1 aromatic heterocycles. The first kappa shape index (κ1) is 25.0. The van der Waals surface area contributed by atoms with Gasteiger partial charge in [-0.2, -0.15) is 0 Å². The van der Waals surface area contributed by atoms with Gasteiger partial charge in [-0.25, -0.2) is 0 Å². The van der Waals surface area contributed by atoms with Gasteiger partial charge in [0.25, 0.3) is 5.91 Å². The molecule has 6 nitrogen and oxygen atoms in total. The highest BCUT2D eigenvalue weighted by Crippen LogP contribution is 2.32. The van der Waals surface area contributed by atoms with E-state index in [1.165, 1.54) is 22.5 Å². The van der Waals surface area contributed by atoms with Crippen LogP contribution in [0.2, 0.25) is 0 Å². The normalized spacial score (nSPS) is 16.0. The van der Waals surface area contributed by atoms with Crippen molar-refractivity contribution in [2.45, 2.75) is 6.04 Å². The third-order valence-corrected chi connectivity index (χ3v) is 8.17. The van der Waals surface area contributed by atoms with Crippen molar-refractivity contribution in [2.24, 2.45) is 0 Å². The maximum atomic E-state index is 13.8. The van der Waals surface area contributed by atoms with E-state index in [1.807, 2.05) is 22.4 Å².